The second-order valence-corrected chi connectivity index (χ2v) is 7.39. The molecule has 176 valence electrons. The highest BCUT2D eigenvalue weighted by atomic mass is 32.2. The topological polar surface area (TPSA) is 134 Å². The number of carbonyl (C=O) groups is 1. The number of nitriles is 2. The number of hydrogen-bond acceptors (Lipinski definition) is 10. The Morgan fingerprint density at radius 1 is 1.00 bits per heavy atom. The first-order valence-electron chi connectivity index (χ1n) is 10.6. The van der Waals surface area contributed by atoms with Gasteiger partial charge in [0.15, 0.2) is 11.5 Å². The van der Waals surface area contributed by atoms with Gasteiger partial charge < -0.3 is 23.5 Å². The summed E-state index contributed by atoms with van der Waals surface area (Å²) in [7, 11) is 0. The van der Waals surface area contributed by atoms with E-state index in [1.807, 2.05) is 32.9 Å². The van der Waals surface area contributed by atoms with Crippen LogP contribution in [0.5, 0.6) is 17.2 Å². The van der Waals surface area contributed by atoms with Crippen molar-refractivity contribution in [2.75, 3.05) is 38.7 Å². The summed E-state index contributed by atoms with van der Waals surface area (Å²) in [6.45, 7) is 7.51. The fourth-order valence-corrected chi connectivity index (χ4v) is 3.51. The van der Waals surface area contributed by atoms with Gasteiger partial charge in [-0.25, -0.2) is 0 Å². The molecule has 0 atom stereocenters. The summed E-state index contributed by atoms with van der Waals surface area (Å²) in [5.41, 5.74) is 0.598. The molecule has 0 radical (unpaired) electrons. The van der Waals surface area contributed by atoms with Crippen molar-refractivity contribution >= 4 is 17.7 Å². The van der Waals surface area contributed by atoms with Gasteiger partial charge >= 0.3 is 0 Å². The molecule has 0 unspecified atom stereocenters. The van der Waals surface area contributed by atoms with Crippen molar-refractivity contribution in [1.82, 2.24) is 15.1 Å². The van der Waals surface area contributed by atoms with Gasteiger partial charge in [0.05, 0.1) is 50.6 Å². The van der Waals surface area contributed by atoms with E-state index in [1.165, 1.54) is 4.90 Å². The van der Waals surface area contributed by atoms with Crippen molar-refractivity contribution in [3.8, 4) is 40.8 Å². The predicted octanol–water partition coefficient (Wildman–Crippen LogP) is 3.68. The van der Waals surface area contributed by atoms with Gasteiger partial charge in [-0.3, -0.25) is 4.79 Å². The lowest BCUT2D eigenvalue weighted by molar-refractivity contribution is -0.128. The molecule has 0 saturated carbocycles. The van der Waals surface area contributed by atoms with Crippen molar-refractivity contribution in [1.29, 1.82) is 10.5 Å². The average molecular weight is 474 g/mol. The van der Waals surface area contributed by atoms with Gasteiger partial charge in [-0.1, -0.05) is 11.8 Å². The second kappa shape index (κ2) is 13.9. The molecular formula is C22H27N5O5S. The molecular weight excluding hydrogens is 446 g/mol. The molecule has 2 rings (SSSR count). The normalized spacial score (nSPS) is 10.2. The quantitative estimate of drug-likeness (QED) is 0.374. The van der Waals surface area contributed by atoms with Crippen molar-refractivity contribution in [3.63, 3.8) is 0 Å². The minimum absolute atomic E-state index is 0.0517. The smallest absolute Gasteiger partial charge is 0.277 e. The van der Waals surface area contributed by atoms with Crippen LogP contribution in [-0.4, -0.2) is 59.7 Å². The van der Waals surface area contributed by atoms with E-state index < -0.39 is 0 Å². The summed E-state index contributed by atoms with van der Waals surface area (Å²) in [5.74, 6) is 1.63. The molecule has 11 heteroatoms. The maximum Gasteiger partial charge on any atom is 0.277 e. The third kappa shape index (κ3) is 7.58. The highest BCUT2D eigenvalue weighted by Gasteiger charge is 2.20. The Hall–Kier alpha value is -3.44. The lowest BCUT2D eigenvalue weighted by Gasteiger charge is -2.19. The van der Waals surface area contributed by atoms with Crippen molar-refractivity contribution in [2.45, 2.75) is 38.8 Å². The summed E-state index contributed by atoms with van der Waals surface area (Å²) < 4.78 is 22.9. The predicted molar refractivity (Wildman–Crippen MR) is 121 cm³/mol. The molecule has 1 amide bonds. The van der Waals surface area contributed by atoms with E-state index in [4.69, 9.17) is 29.2 Å². The largest absolute Gasteiger partial charge is 0.490 e. The lowest BCUT2D eigenvalue weighted by atomic mass is 10.2. The van der Waals surface area contributed by atoms with E-state index >= 15 is 0 Å². The summed E-state index contributed by atoms with van der Waals surface area (Å²) >= 11 is 1.09. The number of amides is 1. The zero-order valence-electron chi connectivity index (χ0n) is 19.0. The number of nitrogens with zero attached hydrogens (tertiary/aromatic N) is 5. The molecule has 10 nitrogen and oxygen atoms in total. The number of benzene rings is 1. The Balaban J connectivity index is 2.17. The van der Waals surface area contributed by atoms with Crippen LogP contribution in [0.25, 0.3) is 11.5 Å². The third-order valence-corrected chi connectivity index (χ3v) is 5.02. The molecule has 2 aromatic rings. The van der Waals surface area contributed by atoms with Gasteiger partial charge in [-0.2, -0.15) is 10.5 Å². The zero-order valence-corrected chi connectivity index (χ0v) is 19.8. The Morgan fingerprint density at radius 2 is 1.58 bits per heavy atom. The summed E-state index contributed by atoms with van der Waals surface area (Å²) in [6, 6.07) is 7.51. The van der Waals surface area contributed by atoms with E-state index in [1.54, 1.807) is 12.1 Å². The van der Waals surface area contributed by atoms with Crippen LogP contribution in [0.4, 0.5) is 0 Å². The van der Waals surface area contributed by atoms with E-state index in [2.05, 4.69) is 10.2 Å². The fraction of sp³-hybridized carbons (Fsp3) is 0.500. The molecule has 0 aliphatic carbocycles. The number of hydrogen-bond donors (Lipinski definition) is 0. The first-order valence-corrected chi connectivity index (χ1v) is 11.6. The van der Waals surface area contributed by atoms with Crippen molar-refractivity contribution in [3.05, 3.63) is 12.1 Å². The maximum absolute atomic E-state index is 12.5. The van der Waals surface area contributed by atoms with Gasteiger partial charge in [0.25, 0.3) is 5.22 Å². The van der Waals surface area contributed by atoms with Crippen LogP contribution in [0.15, 0.2) is 21.8 Å². The van der Waals surface area contributed by atoms with E-state index in [0.717, 1.165) is 11.8 Å². The van der Waals surface area contributed by atoms with Crippen LogP contribution >= 0.6 is 11.8 Å². The van der Waals surface area contributed by atoms with Crippen LogP contribution < -0.4 is 14.2 Å². The van der Waals surface area contributed by atoms with Crippen LogP contribution in [0.3, 0.4) is 0 Å². The molecule has 1 aromatic carbocycles. The molecule has 1 aromatic heterocycles. The molecule has 0 bridgehead atoms. The third-order valence-electron chi connectivity index (χ3n) is 4.22. The van der Waals surface area contributed by atoms with Gasteiger partial charge in [0, 0.05) is 18.7 Å². The van der Waals surface area contributed by atoms with Crippen LogP contribution in [0.2, 0.25) is 0 Å². The van der Waals surface area contributed by atoms with Crippen LogP contribution in [-0.2, 0) is 4.79 Å². The molecule has 0 aliphatic heterocycles. The second-order valence-electron chi connectivity index (χ2n) is 6.46. The Morgan fingerprint density at radius 3 is 2.09 bits per heavy atom. The SMILES string of the molecule is CCOc1cc(-c2nnc(SCC(=O)N(CCC#N)CCC#N)o2)cc(OCC)c1OCC. The highest BCUT2D eigenvalue weighted by molar-refractivity contribution is 7.99. The molecule has 0 spiro atoms. The number of aromatic nitrogens is 2. The van der Waals surface area contributed by atoms with Gasteiger partial charge in [-0.15, -0.1) is 10.2 Å². The summed E-state index contributed by atoms with van der Waals surface area (Å²) in [5, 5.41) is 25.9. The van der Waals surface area contributed by atoms with Gasteiger partial charge in [0.1, 0.15) is 0 Å². The fourth-order valence-electron chi connectivity index (χ4n) is 2.84. The van der Waals surface area contributed by atoms with Crippen LogP contribution in [0, 0.1) is 22.7 Å². The minimum atomic E-state index is -0.205. The Bertz CT molecular complexity index is 953. The Labute approximate surface area is 197 Å². The average Bonchev–Trinajstić information content (AvgIpc) is 3.29. The molecule has 0 fully saturated rings. The number of ether oxygens (including phenoxy) is 3. The zero-order chi connectivity index (χ0) is 24.1. The van der Waals surface area contributed by atoms with Crippen molar-refractivity contribution < 1.29 is 23.4 Å². The molecule has 0 aliphatic rings. The number of thioether (sulfide) groups is 1. The van der Waals surface area contributed by atoms with Gasteiger partial charge in [-0.05, 0) is 32.9 Å². The summed E-state index contributed by atoms with van der Waals surface area (Å²) in [6.07, 6.45) is 0.406. The van der Waals surface area contributed by atoms with E-state index in [0.29, 0.717) is 42.6 Å². The first kappa shape index (κ1) is 25.8. The van der Waals surface area contributed by atoms with Gasteiger partial charge in [0.2, 0.25) is 17.5 Å². The van der Waals surface area contributed by atoms with Crippen LogP contribution in [0.1, 0.15) is 33.6 Å². The lowest BCUT2D eigenvalue weighted by Crippen LogP contribution is -2.34. The van der Waals surface area contributed by atoms with E-state index in [9.17, 15) is 4.79 Å². The monoisotopic (exact) mass is 473 g/mol. The molecule has 0 N–H and O–H groups in total. The molecule has 0 saturated heterocycles. The standard InChI is InChI=1S/C22H27N5O5S/c1-4-29-17-13-16(14-18(30-5-2)20(17)31-6-3)21-25-26-22(32-21)33-15-19(28)27(11-7-9-23)12-8-10-24/h13-14H,4-8,11-12,15H2,1-3H3. The summed E-state index contributed by atoms with van der Waals surface area (Å²) in [4.78, 5) is 14.0. The number of rotatable bonds is 14. The minimum Gasteiger partial charge on any atom is -0.490 e. The molecule has 33 heavy (non-hydrogen) atoms. The Kier molecular flexibility index (Phi) is 10.8. The number of carbonyl (C=O) groups excluding carboxylic acids is 1. The van der Waals surface area contributed by atoms with Crippen molar-refractivity contribution in [2.24, 2.45) is 0 Å². The maximum atomic E-state index is 12.5. The van der Waals surface area contributed by atoms with E-state index in [-0.39, 0.29) is 48.7 Å². The highest BCUT2D eigenvalue weighted by Crippen LogP contribution is 2.42. The first-order chi connectivity index (χ1) is 16.1. The molecule has 1 heterocycles.